The summed E-state index contributed by atoms with van der Waals surface area (Å²) >= 11 is 0. The predicted octanol–water partition coefficient (Wildman–Crippen LogP) is 4.26. The molecule has 0 aromatic heterocycles. The van der Waals surface area contributed by atoms with E-state index in [4.69, 9.17) is 14.2 Å². The number of carbonyl (C=O) groups is 1. The number of benzene rings is 2. The molecule has 0 saturated heterocycles. The minimum Gasteiger partial charge on any atom is -0.490 e. The van der Waals surface area contributed by atoms with Gasteiger partial charge >= 0.3 is 0 Å². The van der Waals surface area contributed by atoms with Gasteiger partial charge in [0.2, 0.25) is 15.9 Å². The van der Waals surface area contributed by atoms with Crippen molar-refractivity contribution in [1.29, 1.82) is 0 Å². The van der Waals surface area contributed by atoms with Crippen LogP contribution in [0, 0.1) is 0 Å². The molecule has 0 radical (unpaired) electrons. The van der Waals surface area contributed by atoms with E-state index < -0.39 is 10.0 Å². The average Bonchev–Trinajstić information content (AvgIpc) is 3.35. The summed E-state index contributed by atoms with van der Waals surface area (Å²) in [5.41, 5.74) is 0.746. The van der Waals surface area contributed by atoms with Crippen LogP contribution in [-0.4, -0.2) is 40.2 Å². The van der Waals surface area contributed by atoms with Crippen molar-refractivity contribution < 1.29 is 27.4 Å². The number of unbranched alkanes of at least 4 members (excludes halogenated alkanes) is 2. The molecule has 0 atom stereocenters. The molecular weight excluding hydrogens is 456 g/mol. The summed E-state index contributed by atoms with van der Waals surface area (Å²) in [6, 6.07) is 12.1. The molecule has 1 fully saturated rings. The van der Waals surface area contributed by atoms with Crippen LogP contribution in [0.5, 0.6) is 17.2 Å². The normalized spacial score (nSPS) is 15.8. The average molecular weight is 489 g/mol. The van der Waals surface area contributed by atoms with Gasteiger partial charge in [0.1, 0.15) is 19.0 Å². The van der Waals surface area contributed by atoms with E-state index in [2.05, 4.69) is 10.0 Å². The number of amides is 1. The molecule has 0 bridgehead atoms. The van der Waals surface area contributed by atoms with Crippen LogP contribution in [0.2, 0.25) is 0 Å². The van der Waals surface area contributed by atoms with E-state index in [1.165, 1.54) is 25.0 Å². The van der Waals surface area contributed by atoms with Gasteiger partial charge in [-0.1, -0.05) is 6.42 Å². The molecule has 2 aromatic rings. The number of rotatable bonds is 11. The molecule has 8 nitrogen and oxygen atoms in total. The highest BCUT2D eigenvalue weighted by Gasteiger charge is 2.19. The molecule has 0 unspecified atom stereocenters. The number of hydrogen-bond donors (Lipinski definition) is 2. The van der Waals surface area contributed by atoms with Crippen molar-refractivity contribution in [2.75, 3.05) is 25.1 Å². The van der Waals surface area contributed by atoms with E-state index in [-0.39, 0.29) is 10.8 Å². The predicted molar refractivity (Wildman–Crippen MR) is 129 cm³/mol. The summed E-state index contributed by atoms with van der Waals surface area (Å²) < 4.78 is 44.4. The number of nitrogens with one attached hydrogen (secondary N) is 2. The van der Waals surface area contributed by atoms with Gasteiger partial charge in [-0.15, -0.1) is 0 Å². The smallest absolute Gasteiger partial charge is 0.240 e. The Hall–Kier alpha value is -2.78. The molecule has 0 spiro atoms. The van der Waals surface area contributed by atoms with Crippen molar-refractivity contribution in [2.45, 2.75) is 62.4 Å². The van der Waals surface area contributed by atoms with Crippen molar-refractivity contribution in [1.82, 2.24) is 4.72 Å². The molecule has 1 aliphatic carbocycles. The zero-order valence-corrected chi connectivity index (χ0v) is 20.1. The van der Waals surface area contributed by atoms with Gasteiger partial charge in [0.05, 0.1) is 11.0 Å². The molecule has 4 rings (SSSR count). The third-order valence-corrected chi connectivity index (χ3v) is 7.40. The van der Waals surface area contributed by atoms with Gasteiger partial charge in [0.15, 0.2) is 11.5 Å². The largest absolute Gasteiger partial charge is 0.490 e. The zero-order chi connectivity index (χ0) is 23.8. The summed E-state index contributed by atoms with van der Waals surface area (Å²) in [6.45, 7) is 1.16. The first-order valence-corrected chi connectivity index (χ1v) is 13.4. The van der Waals surface area contributed by atoms with Crippen LogP contribution < -0.4 is 24.2 Å². The van der Waals surface area contributed by atoms with Gasteiger partial charge in [-0.05, 0) is 74.9 Å². The Bertz CT molecular complexity index is 1070. The fourth-order valence-corrected chi connectivity index (χ4v) is 5.20. The molecule has 34 heavy (non-hydrogen) atoms. The van der Waals surface area contributed by atoms with Gasteiger partial charge < -0.3 is 19.5 Å². The molecule has 1 heterocycles. The Morgan fingerprint density at radius 3 is 2.44 bits per heavy atom. The summed E-state index contributed by atoms with van der Waals surface area (Å²) in [4.78, 5) is 12.3. The van der Waals surface area contributed by atoms with E-state index in [0.29, 0.717) is 56.6 Å². The summed E-state index contributed by atoms with van der Waals surface area (Å²) in [5.74, 6) is 1.78. The van der Waals surface area contributed by atoms with Crippen LogP contribution in [0.25, 0.3) is 0 Å². The van der Waals surface area contributed by atoms with E-state index in [0.717, 1.165) is 30.7 Å². The molecule has 2 N–H and O–H groups in total. The Morgan fingerprint density at radius 2 is 1.68 bits per heavy atom. The highest BCUT2D eigenvalue weighted by atomic mass is 32.2. The molecule has 1 aliphatic heterocycles. The first-order chi connectivity index (χ1) is 16.5. The lowest BCUT2D eigenvalue weighted by Gasteiger charge is -2.18. The Kier molecular flexibility index (Phi) is 8.29. The van der Waals surface area contributed by atoms with E-state index in [1.807, 2.05) is 24.3 Å². The highest BCUT2D eigenvalue weighted by molar-refractivity contribution is 7.89. The van der Waals surface area contributed by atoms with Crippen LogP contribution in [0.3, 0.4) is 0 Å². The summed E-state index contributed by atoms with van der Waals surface area (Å²) in [7, 11) is -3.62. The van der Waals surface area contributed by atoms with Crippen molar-refractivity contribution >= 4 is 21.6 Å². The van der Waals surface area contributed by atoms with Crippen molar-refractivity contribution in [3.05, 3.63) is 42.5 Å². The lowest BCUT2D eigenvalue weighted by molar-refractivity contribution is -0.116. The van der Waals surface area contributed by atoms with Gasteiger partial charge in [0.25, 0.3) is 0 Å². The van der Waals surface area contributed by atoms with Crippen LogP contribution in [0.15, 0.2) is 47.4 Å². The molecule has 1 amide bonds. The summed E-state index contributed by atoms with van der Waals surface area (Å²) in [6.07, 6.45) is 7.43. The Balaban J connectivity index is 1.12. The maximum atomic E-state index is 12.5. The van der Waals surface area contributed by atoms with Gasteiger partial charge in [-0.3, -0.25) is 4.79 Å². The zero-order valence-electron chi connectivity index (χ0n) is 19.3. The number of sulfonamides is 1. The van der Waals surface area contributed by atoms with Crippen molar-refractivity contribution in [2.24, 2.45) is 0 Å². The van der Waals surface area contributed by atoms with Crippen LogP contribution in [0.1, 0.15) is 51.4 Å². The molecule has 2 aliphatic rings. The third kappa shape index (κ3) is 6.87. The molecule has 184 valence electrons. The topological polar surface area (TPSA) is 103 Å². The highest BCUT2D eigenvalue weighted by Crippen LogP contribution is 2.32. The van der Waals surface area contributed by atoms with Crippen LogP contribution >= 0.6 is 0 Å². The lowest BCUT2D eigenvalue weighted by atomic mass is 10.2. The number of hydrogen-bond acceptors (Lipinski definition) is 6. The Labute approximate surface area is 201 Å². The number of anilines is 1. The maximum absolute atomic E-state index is 12.5. The van der Waals surface area contributed by atoms with E-state index in [1.54, 1.807) is 6.07 Å². The molecule has 2 aromatic carbocycles. The number of carbonyl (C=O) groups excluding carboxylic acids is 1. The van der Waals surface area contributed by atoms with Gasteiger partial charge in [-0.2, -0.15) is 0 Å². The van der Waals surface area contributed by atoms with Crippen LogP contribution in [0.4, 0.5) is 5.69 Å². The number of fused-ring (bicyclic) bond motifs is 1. The standard InChI is InChI=1S/C25H32N2O6S/c28-25(27-19-9-11-21(12-10-19)33-20-6-3-4-7-20)8-2-1-5-15-26-34(29,30)22-13-14-23-24(18-22)32-17-16-31-23/h9-14,18,20,26H,1-8,15-17H2,(H,27,28). The minimum absolute atomic E-state index is 0.0543. The first kappa shape index (κ1) is 24.3. The fourth-order valence-electron chi connectivity index (χ4n) is 4.11. The monoisotopic (exact) mass is 488 g/mol. The van der Waals surface area contributed by atoms with Gasteiger partial charge in [0, 0.05) is 24.7 Å². The number of ether oxygens (including phenoxy) is 3. The second-order valence-electron chi connectivity index (χ2n) is 8.61. The minimum atomic E-state index is -3.62. The SMILES string of the molecule is O=C(CCCCCNS(=O)(=O)c1ccc2c(c1)OCCO2)Nc1ccc(OC2CCCC2)cc1. The van der Waals surface area contributed by atoms with E-state index >= 15 is 0 Å². The molecule has 1 saturated carbocycles. The molecule has 9 heteroatoms. The van der Waals surface area contributed by atoms with Gasteiger partial charge in [-0.25, -0.2) is 13.1 Å². The van der Waals surface area contributed by atoms with Crippen molar-refractivity contribution in [3.63, 3.8) is 0 Å². The third-order valence-electron chi connectivity index (χ3n) is 5.94. The first-order valence-electron chi connectivity index (χ1n) is 12.0. The molecular formula is C25H32N2O6S. The fraction of sp³-hybridized carbons (Fsp3) is 0.480. The quantitative estimate of drug-likeness (QED) is 0.458. The Morgan fingerprint density at radius 1 is 0.941 bits per heavy atom. The second kappa shape index (κ2) is 11.6. The summed E-state index contributed by atoms with van der Waals surface area (Å²) in [5, 5.41) is 2.90. The van der Waals surface area contributed by atoms with Crippen LogP contribution in [-0.2, 0) is 14.8 Å². The lowest BCUT2D eigenvalue weighted by Crippen LogP contribution is -2.25. The second-order valence-corrected chi connectivity index (χ2v) is 10.4. The van der Waals surface area contributed by atoms with E-state index in [9.17, 15) is 13.2 Å². The maximum Gasteiger partial charge on any atom is 0.240 e. The van der Waals surface area contributed by atoms with Crippen molar-refractivity contribution in [3.8, 4) is 17.2 Å².